The highest BCUT2D eigenvalue weighted by atomic mass is 32.2. The Kier molecular flexibility index (Phi) is 4.52. The molecule has 2 aromatic rings. The van der Waals surface area contributed by atoms with Crippen LogP contribution in [0.1, 0.15) is 16.4 Å². The van der Waals surface area contributed by atoms with Gasteiger partial charge >= 0.3 is 5.51 Å². The fourth-order valence-electron chi connectivity index (χ4n) is 2.35. The van der Waals surface area contributed by atoms with Crippen molar-refractivity contribution in [3.63, 3.8) is 0 Å². The minimum atomic E-state index is -5.65. The normalized spacial score (nSPS) is 14.5. The lowest BCUT2D eigenvalue weighted by atomic mass is 9.93. The maximum absolute atomic E-state index is 13.1. The first-order valence-corrected chi connectivity index (χ1v) is 8.11. The average Bonchev–Trinajstić information content (AvgIpc) is 2.47. The van der Waals surface area contributed by atoms with Crippen molar-refractivity contribution in [3.8, 4) is 0 Å². The Bertz CT molecular complexity index is 760. The van der Waals surface area contributed by atoms with Crippen LogP contribution in [0.4, 0.5) is 13.2 Å². The van der Waals surface area contributed by atoms with Gasteiger partial charge in [-0.3, -0.25) is 0 Å². The van der Waals surface area contributed by atoms with E-state index >= 15 is 0 Å². The van der Waals surface area contributed by atoms with Crippen LogP contribution in [0.25, 0.3) is 0 Å². The van der Waals surface area contributed by atoms with Gasteiger partial charge in [-0.05, 0) is 11.1 Å². The topological polar surface area (TPSA) is 86.2 Å². The molecule has 0 saturated carbocycles. The third-order valence-corrected chi connectivity index (χ3v) is 5.37. The average molecular weight is 344 g/mol. The molecule has 4 nitrogen and oxygen atoms in total. The largest absolute Gasteiger partial charge is 0.498 e. The van der Waals surface area contributed by atoms with Gasteiger partial charge in [0.1, 0.15) is 10.9 Å². The standard InChI is InChI=1S/C15H15F3N2O2S/c16-15(17,18)23(21,22)13(11-7-3-1-4-8-11)14(19,20)12-9-5-2-6-10-12/h1-10,13H,19-20H2. The molecule has 0 aliphatic heterocycles. The zero-order chi connectivity index (χ0) is 17.3. The smallest absolute Gasteiger partial charge is 0.308 e. The van der Waals surface area contributed by atoms with Crippen LogP contribution in [-0.2, 0) is 15.5 Å². The van der Waals surface area contributed by atoms with Crippen molar-refractivity contribution in [2.45, 2.75) is 16.4 Å². The summed E-state index contributed by atoms with van der Waals surface area (Å²) < 4.78 is 63.5. The maximum atomic E-state index is 13.1. The summed E-state index contributed by atoms with van der Waals surface area (Å²) in [6.45, 7) is 0. The molecule has 0 amide bonds. The van der Waals surface area contributed by atoms with E-state index in [0.29, 0.717) is 0 Å². The number of hydrogen-bond acceptors (Lipinski definition) is 4. The summed E-state index contributed by atoms with van der Waals surface area (Å²) in [5, 5.41) is -2.17. The van der Waals surface area contributed by atoms with E-state index in [9.17, 15) is 21.6 Å². The Balaban J connectivity index is 2.70. The molecule has 2 aromatic carbocycles. The predicted octanol–water partition coefficient (Wildman–Crippen LogP) is 2.43. The van der Waals surface area contributed by atoms with Gasteiger partial charge in [-0.15, -0.1) is 0 Å². The van der Waals surface area contributed by atoms with Gasteiger partial charge in [0.05, 0.1) is 0 Å². The summed E-state index contributed by atoms with van der Waals surface area (Å²) in [6, 6.07) is 14.4. The Morgan fingerprint density at radius 3 is 1.70 bits per heavy atom. The van der Waals surface area contributed by atoms with E-state index in [-0.39, 0.29) is 11.1 Å². The number of halogens is 3. The molecule has 0 bridgehead atoms. The van der Waals surface area contributed by atoms with Crippen molar-refractivity contribution in [3.05, 3.63) is 71.8 Å². The van der Waals surface area contributed by atoms with Crippen molar-refractivity contribution < 1.29 is 21.6 Å². The van der Waals surface area contributed by atoms with Crippen LogP contribution in [0.2, 0.25) is 0 Å². The minimum Gasteiger partial charge on any atom is -0.308 e. The monoisotopic (exact) mass is 344 g/mol. The summed E-state index contributed by atoms with van der Waals surface area (Å²) in [4.78, 5) is 0. The van der Waals surface area contributed by atoms with Crippen LogP contribution in [0.3, 0.4) is 0 Å². The second-order valence-electron chi connectivity index (χ2n) is 5.08. The van der Waals surface area contributed by atoms with E-state index in [4.69, 9.17) is 11.5 Å². The van der Waals surface area contributed by atoms with E-state index < -0.39 is 26.3 Å². The van der Waals surface area contributed by atoms with Crippen molar-refractivity contribution >= 4 is 9.84 Å². The molecule has 0 fully saturated rings. The molecular formula is C15H15F3N2O2S. The second-order valence-corrected chi connectivity index (χ2v) is 7.10. The first-order chi connectivity index (χ1) is 10.6. The second kappa shape index (κ2) is 5.95. The van der Waals surface area contributed by atoms with Gasteiger partial charge in [-0.1, -0.05) is 60.7 Å². The third-order valence-electron chi connectivity index (χ3n) is 3.44. The van der Waals surface area contributed by atoms with Crippen LogP contribution >= 0.6 is 0 Å². The molecule has 0 saturated heterocycles. The van der Waals surface area contributed by atoms with Gasteiger partial charge in [-0.2, -0.15) is 13.2 Å². The fraction of sp³-hybridized carbons (Fsp3) is 0.200. The number of rotatable bonds is 4. The molecule has 1 atom stereocenters. The van der Waals surface area contributed by atoms with E-state index in [1.54, 1.807) is 12.1 Å². The van der Waals surface area contributed by atoms with Gasteiger partial charge < -0.3 is 11.5 Å². The molecule has 0 heterocycles. The van der Waals surface area contributed by atoms with Crippen molar-refractivity contribution in [1.29, 1.82) is 0 Å². The Morgan fingerprint density at radius 1 is 0.826 bits per heavy atom. The van der Waals surface area contributed by atoms with Crippen molar-refractivity contribution in [2.75, 3.05) is 0 Å². The lowest BCUT2D eigenvalue weighted by Crippen LogP contribution is -2.55. The molecule has 0 radical (unpaired) electrons. The Hall–Kier alpha value is -1.90. The van der Waals surface area contributed by atoms with Gasteiger partial charge in [0, 0.05) is 0 Å². The van der Waals surface area contributed by atoms with Gasteiger partial charge in [0.25, 0.3) is 9.84 Å². The number of nitrogens with two attached hydrogens (primary N) is 2. The zero-order valence-corrected chi connectivity index (χ0v) is 12.7. The summed E-state index contributed by atoms with van der Waals surface area (Å²) in [6.07, 6.45) is 0. The number of hydrogen-bond donors (Lipinski definition) is 2. The molecule has 8 heteroatoms. The molecule has 0 aromatic heterocycles. The van der Waals surface area contributed by atoms with E-state index in [1.165, 1.54) is 48.5 Å². The maximum Gasteiger partial charge on any atom is 0.498 e. The van der Waals surface area contributed by atoms with Crippen LogP contribution in [-0.4, -0.2) is 13.9 Å². The number of benzene rings is 2. The summed E-state index contributed by atoms with van der Waals surface area (Å²) in [5.74, 6) is 0. The fourth-order valence-corrected chi connectivity index (χ4v) is 3.78. The third kappa shape index (κ3) is 3.24. The predicted molar refractivity (Wildman–Crippen MR) is 80.7 cm³/mol. The highest BCUT2D eigenvalue weighted by Crippen LogP contribution is 2.42. The van der Waals surface area contributed by atoms with E-state index in [0.717, 1.165) is 0 Å². The molecular weight excluding hydrogens is 329 g/mol. The Labute approximate surface area is 131 Å². The molecule has 0 aliphatic rings. The summed E-state index contributed by atoms with van der Waals surface area (Å²) in [7, 11) is -5.65. The van der Waals surface area contributed by atoms with Crippen LogP contribution in [0, 0.1) is 0 Å². The van der Waals surface area contributed by atoms with E-state index in [2.05, 4.69) is 0 Å². The SMILES string of the molecule is NC(N)(c1ccccc1)C(c1ccccc1)S(=O)(=O)C(F)(F)F. The molecule has 0 spiro atoms. The molecule has 1 unspecified atom stereocenters. The molecule has 4 N–H and O–H groups in total. The van der Waals surface area contributed by atoms with Crippen LogP contribution in [0.15, 0.2) is 60.7 Å². The highest BCUT2D eigenvalue weighted by Gasteiger charge is 2.57. The lowest BCUT2D eigenvalue weighted by Gasteiger charge is -2.34. The van der Waals surface area contributed by atoms with Gasteiger partial charge in [0.2, 0.25) is 0 Å². The van der Waals surface area contributed by atoms with Crippen LogP contribution < -0.4 is 11.5 Å². The first-order valence-electron chi connectivity index (χ1n) is 6.57. The molecule has 124 valence electrons. The van der Waals surface area contributed by atoms with Crippen molar-refractivity contribution in [2.24, 2.45) is 11.5 Å². The van der Waals surface area contributed by atoms with Crippen molar-refractivity contribution in [1.82, 2.24) is 0 Å². The minimum absolute atomic E-state index is 0.0849. The molecule has 0 aliphatic carbocycles. The summed E-state index contributed by atoms with van der Waals surface area (Å²) >= 11 is 0. The lowest BCUT2D eigenvalue weighted by molar-refractivity contribution is -0.0453. The quantitative estimate of drug-likeness (QED) is 0.834. The van der Waals surface area contributed by atoms with E-state index in [1.807, 2.05) is 0 Å². The number of alkyl halides is 3. The summed E-state index contributed by atoms with van der Waals surface area (Å²) in [5.41, 5.74) is 4.02. The zero-order valence-electron chi connectivity index (χ0n) is 11.9. The number of sulfone groups is 1. The van der Waals surface area contributed by atoms with Gasteiger partial charge in [-0.25, -0.2) is 8.42 Å². The van der Waals surface area contributed by atoms with Gasteiger partial charge in [0.15, 0.2) is 0 Å². The highest BCUT2D eigenvalue weighted by molar-refractivity contribution is 7.92. The molecule has 2 rings (SSSR count). The van der Waals surface area contributed by atoms with Crippen LogP contribution in [0.5, 0.6) is 0 Å². The Morgan fingerprint density at radius 2 is 1.26 bits per heavy atom. The molecule has 23 heavy (non-hydrogen) atoms. The first kappa shape index (κ1) is 17.5.